The molecule has 0 heterocycles. The van der Waals surface area contributed by atoms with Gasteiger partial charge in [-0.15, -0.1) is 0 Å². The molecular weight excluding hydrogens is 262 g/mol. The van der Waals surface area contributed by atoms with Gasteiger partial charge in [0, 0.05) is 16.8 Å². The van der Waals surface area contributed by atoms with E-state index in [1.807, 2.05) is 32.0 Å². The van der Waals surface area contributed by atoms with Gasteiger partial charge in [-0.1, -0.05) is 29.5 Å². The monoisotopic (exact) mass is 279 g/mol. The summed E-state index contributed by atoms with van der Waals surface area (Å²) < 4.78 is 0. The van der Waals surface area contributed by atoms with Crippen LogP contribution in [-0.4, -0.2) is 17.6 Å². The summed E-state index contributed by atoms with van der Waals surface area (Å²) in [7, 11) is 0. The Bertz CT molecular complexity index is 706. The van der Waals surface area contributed by atoms with Crippen LogP contribution in [0.4, 0.5) is 5.69 Å². The topological polar surface area (TPSA) is 49.3 Å². The van der Waals surface area contributed by atoms with Gasteiger partial charge < -0.3 is 10.4 Å². The van der Waals surface area contributed by atoms with Crippen molar-refractivity contribution in [2.45, 2.75) is 13.8 Å². The van der Waals surface area contributed by atoms with E-state index < -0.39 is 0 Å². The Morgan fingerprint density at radius 3 is 2.48 bits per heavy atom. The van der Waals surface area contributed by atoms with Gasteiger partial charge in [0.05, 0.1) is 0 Å². The number of aryl methyl sites for hydroxylation is 2. The molecule has 0 bridgehead atoms. The predicted molar refractivity (Wildman–Crippen MR) is 84.3 cm³/mol. The second-order valence-electron chi connectivity index (χ2n) is 4.81. The van der Waals surface area contributed by atoms with Gasteiger partial charge in [-0.3, -0.25) is 4.79 Å². The highest BCUT2D eigenvalue weighted by molar-refractivity contribution is 6.04. The lowest BCUT2D eigenvalue weighted by atomic mass is 10.1. The van der Waals surface area contributed by atoms with Crippen LogP contribution >= 0.6 is 0 Å². The first-order valence-corrected chi connectivity index (χ1v) is 6.68. The molecule has 3 nitrogen and oxygen atoms in total. The lowest BCUT2D eigenvalue weighted by molar-refractivity contribution is 0.102. The molecule has 2 aromatic carbocycles. The molecule has 1 amide bonds. The molecule has 106 valence electrons. The number of aliphatic hydroxyl groups excluding tert-OH is 1. The average molecular weight is 279 g/mol. The number of carbonyl (C=O) groups is 1. The van der Waals surface area contributed by atoms with Crippen LogP contribution in [0.1, 0.15) is 27.0 Å². The van der Waals surface area contributed by atoms with Gasteiger partial charge >= 0.3 is 0 Å². The number of amides is 1. The van der Waals surface area contributed by atoms with Gasteiger partial charge in [0.2, 0.25) is 0 Å². The highest BCUT2D eigenvalue weighted by atomic mass is 16.2. The zero-order chi connectivity index (χ0) is 15.2. The zero-order valence-electron chi connectivity index (χ0n) is 12.1. The third-order valence-electron chi connectivity index (χ3n) is 3.09. The largest absolute Gasteiger partial charge is 0.384 e. The minimum absolute atomic E-state index is 0.149. The summed E-state index contributed by atoms with van der Waals surface area (Å²) in [6.45, 7) is 3.82. The molecule has 21 heavy (non-hydrogen) atoms. The van der Waals surface area contributed by atoms with E-state index in [0.29, 0.717) is 5.56 Å². The molecule has 2 rings (SSSR count). The molecule has 3 heteroatoms. The number of hydrogen-bond acceptors (Lipinski definition) is 2. The van der Waals surface area contributed by atoms with Crippen molar-refractivity contribution in [3.8, 4) is 11.8 Å². The third-order valence-corrected chi connectivity index (χ3v) is 3.09. The molecule has 0 saturated heterocycles. The molecule has 0 aliphatic heterocycles. The second kappa shape index (κ2) is 6.74. The van der Waals surface area contributed by atoms with E-state index in [0.717, 1.165) is 22.4 Å². The fourth-order valence-electron chi connectivity index (χ4n) is 1.99. The first kappa shape index (κ1) is 14.8. The maximum absolute atomic E-state index is 12.2. The number of rotatable bonds is 2. The van der Waals surface area contributed by atoms with Crippen LogP contribution in [-0.2, 0) is 0 Å². The predicted octanol–water partition coefficient (Wildman–Crippen LogP) is 2.90. The summed E-state index contributed by atoms with van der Waals surface area (Å²) in [6, 6.07) is 12.9. The van der Waals surface area contributed by atoms with E-state index in [4.69, 9.17) is 5.11 Å². The molecule has 0 aliphatic rings. The summed E-state index contributed by atoms with van der Waals surface area (Å²) in [4.78, 5) is 12.2. The van der Waals surface area contributed by atoms with Gasteiger partial charge in [0.25, 0.3) is 5.91 Å². The number of benzene rings is 2. The van der Waals surface area contributed by atoms with E-state index in [9.17, 15) is 4.79 Å². The molecule has 0 saturated carbocycles. The number of carbonyl (C=O) groups excluding carboxylic acids is 1. The van der Waals surface area contributed by atoms with Crippen molar-refractivity contribution in [1.29, 1.82) is 0 Å². The highest BCUT2D eigenvalue weighted by Crippen LogP contribution is 2.17. The lowest BCUT2D eigenvalue weighted by Gasteiger charge is -2.09. The normalized spacial score (nSPS) is 9.67. The van der Waals surface area contributed by atoms with Gasteiger partial charge in [-0.05, 0) is 49.7 Å². The van der Waals surface area contributed by atoms with Crippen molar-refractivity contribution in [3.05, 3.63) is 64.7 Å². The first-order chi connectivity index (χ1) is 10.1. The van der Waals surface area contributed by atoms with Crippen LogP contribution in [0.5, 0.6) is 0 Å². The van der Waals surface area contributed by atoms with Crippen molar-refractivity contribution in [3.63, 3.8) is 0 Å². The summed E-state index contributed by atoms with van der Waals surface area (Å²) in [6.07, 6.45) is 0. The summed E-state index contributed by atoms with van der Waals surface area (Å²) in [5.74, 6) is 5.22. The van der Waals surface area contributed by atoms with Crippen molar-refractivity contribution in [2.75, 3.05) is 11.9 Å². The Labute approximate surface area is 124 Å². The fraction of sp³-hybridized carbons (Fsp3) is 0.167. The summed E-state index contributed by atoms with van der Waals surface area (Å²) >= 11 is 0. The molecule has 0 radical (unpaired) electrons. The van der Waals surface area contributed by atoms with Crippen LogP contribution < -0.4 is 5.32 Å². The minimum Gasteiger partial charge on any atom is -0.384 e. The maximum Gasteiger partial charge on any atom is 0.255 e. The van der Waals surface area contributed by atoms with Crippen molar-refractivity contribution in [1.82, 2.24) is 0 Å². The van der Waals surface area contributed by atoms with Crippen LogP contribution in [0.2, 0.25) is 0 Å². The lowest BCUT2D eigenvalue weighted by Crippen LogP contribution is -2.12. The van der Waals surface area contributed by atoms with E-state index in [2.05, 4.69) is 17.2 Å². The maximum atomic E-state index is 12.2. The summed E-state index contributed by atoms with van der Waals surface area (Å²) in [5.41, 5.74) is 4.36. The van der Waals surface area contributed by atoms with E-state index in [1.54, 1.807) is 24.3 Å². The molecular formula is C18H17NO2. The van der Waals surface area contributed by atoms with Crippen molar-refractivity contribution < 1.29 is 9.90 Å². The van der Waals surface area contributed by atoms with Crippen LogP contribution in [0, 0.1) is 25.7 Å². The fourth-order valence-corrected chi connectivity index (χ4v) is 1.99. The quantitative estimate of drug-likeness (QED) is 0.830. The second-order valence-corrected chi connectivity index (χ2v) is 4.81. The molecule has 2 aromatic rings. The van der Waals surface area contributed by atoms with Crippen molar-refractivity contribution >= 4 is 11.6 Å². The van der Waals surface area contributed by atoms with Gasteiger partial charge in [-0.2, -0.15) is 0 Å². The molecule has 0 atom stereocenters. The number of hydrogen-bond donors (Lipinski definition) is 2. The molecule has 2 N–H and O–H groups in total. The van der Waals surface area contributed by atoms with Gasteiger partial charge in [0.1, 0.15) is 6.61 Å². The number of anilines is 1. The molecule has 0 spiro atoms. The Balaban J connectivity index is 2.13. The van der Waals surface area contributed by atoms with E-state index in [1.165, 1.54) is 0 Å². The molecule has 0 aromatic heterocycles. The number of nitrogens with one attached hydrogen (secondary N) is 1. The van der Waals surface area contributed by atoms with Crippen LogP contribution in [0.15, 0.2) is 42.5 Å². The van der Waals surface area contributed by atoms with E-state index >= 15 is 0 Å². The Hall–Kier alpha value is -2.57. The van der Waals surface area contributed by atoms with Crippen LogP contribution in [0.3, 0.4) is 0 Å². The molecule has 0 aliphatic carbocycles. The molecule has 0 fully saturated rings. The third kappa shape index (κ3) is 3.95. The first-order valence-electron chi connectivity index (χ1n) is 6.68. The molecule has 0 unspecified atom stereocenters. The smallest absolute Gasteiger partial charge is 0.255 e. The standard InChI is InChI=1S/C18H17NO2/c1-13-5-10-17(14(2)12-13)19-18(21)16-8-6-15(7-9-16)4-3-11-20/h5-10,12,20H,11H2,1-2H3,(H,19,21). The Morgan fingerprint density at radius 1 is 1.14 bits per heavy atom. The van der Waals surface area contributed by atoms with Gasteiger partial charge in [0.15, 0.2) is 0 Å². The Kier molecular flexibility index (Phi) is 4.76. The number of aliphatic hydroxyl groups is 1. The van der Waals surface area contributed by atoms with Gasteiger partial charge in [-0.25, -0.2) is 0 Å². The van der Waals surface area contributed by atoms with Crippen LogP contribution in [0.25, 0.3) is 0 Å². The Morgan fingerprint density at radius 2 is 1.86 bits per heavy atom. The average Bonchev–Trinajstić information content (AvgIpc) is 2.48. The summed E-state index contributed by atoms with van der Waals surface area (Å²) in [5, 5.41) is 11.5. The highest BCUT2D eigenvalue weighted by Gasteiger charge is 2.07. The van der Waals surface area contributed by atoms with E-state index in [-0.39, 0.29) is 12.5 Å². The minimum atomic E-state index is -0.172. The van der Waals surface area contributed by atoms with Crippen molar-refractivity contribution in [2.24, 2.45) is 0 Å². The SMILES string of the molecule is Cc1ccc(NC(=O)c2ccc(C#CCO)cc2)c(C)c1. The zero-order valence-corrected chi connectivity index (χ0v) is 12.1.